The Hall–Kier alpha value is 0.0900. The van der Waals surface area contributed by atoms with E-state index in [1.165, 1.54) is 37.3 Å². The maximum atomic E-state index is 12.1. The summed E-state index contributed by atoms with van der Waals surface area (Å²) in [5.74, 6) is 0.0223. The predicted octanol–water partition coefficient (Wildman–Crippen LogP) is 3.88. The molecule has 0 saturated carbocycles. The van der Waals surface area contributed by atoms with Gasteiger partial charge < -0.3 is 5.32 Å². The van der Waals surface area contributed by atoms with E-state index in [0.29, 0.717) is 6.04 Å². The van der Waals surface area contributed by atoms with Crippen LogP contribution in [0.3, 0.4) is 0 Å². The van der Waals surface area contributed by atoms with Gasteiger partial charge in [-0.3, -0.25) is 9.69 Å². The zero-order valence-electron chi connectivity index (χ0n) is 10.9. The van der Waals surface area contributed by atoms with E-state index in [-0.39, 0.29) is 5.91 Å². The molecule has 1 atom stereocenters. The molecule has 1 saturated heterocycles. The first-order valence-corrected chi connectivity index (χ1v) is 8.99. The third kappa shape index (κ3) is 4.03. The molecule has 1 aliphatic heterocycles. The van der Waals surface area contributed by atoms with Crippen LogP contribution in [0, 0.1) is 0 Å². The van der Waals surface area contributed by atoms with Crippen molar-refractivity contribution < 1.29 is 4.79 Å². The summed E-state index contributed by atoms with van der Waals surface area (Å²) in [5.41, 5.74) is 0. The second kappa shape index (κ2) is 7.20. The fourth-order valence-corrected chi connectivity index (χ4v) is 4.35. The summed E-state index contributed by atoms with van der Waals surface area (Å²) in [4.78, 5) is 15.3. The number of amides is 1. The number of rotatable bonds is 5. The second-order valence-electron chi connectivity index (χ2n) is 4.75. The van der Waals surface area contributed by atoms with Gasteiger partial charge in [-0.05, 0) is 70.3 Å². The maximum Gasteiger partial charge on any atom is 0.261 e. The fraction of sp³-hybridized carbons (Fsp3) is 0.615. The van der Waals surface area contributed by atoms with Gasteiger partial charge >= 0.3 is 0 Å². The van der Waals surface area contributed by atoms with Gasteiger partial charge in [-0.15, -0.1) is 11.3 Å². The van der Waals surface area contributed by atoms with E-state index < -0.39 is 0 Å². The third-order valence-electron chi connectivity index (χ3n) is 3.50. The first-order valence-electron chi connectivity index (χ1n) is 6.59. The van der Waals surface area contributed by atoms with Crippen LogP contribution < -0.4 is 5.32 Å². The van der Waals surface area contributed by atoms with Crippen molar-refractivity contribution in [3.8, 4) is 0 Å². The van der Waals surface area contributed by atoms with Crippen LogP contribution in [0.5, 0.6) is 0 Å². The Morgan fingerprint density at radius 3 is 2.68 bits per heavy atom. The van der Waals surface area contributed by atoms with Gasteiger partial charge in [0.05, 0.1) is 8.66 Å². The Morgan fingerprint density at radius 1 is 1.47 bits per heavy atom. The first kappa shape index (κ1) is 15.5. The highest BCUT2D eigenvalue weighted by Crippen LogP contribution is 2.32. The molecule has 0 aromatic carbocycles. The van der Waals surface area contributed by atoms with Crippen LogP contribution in [0.2, 0.25) is 0 Å². The van der Waals surface area contributed by atoms with Crippen LogP contribution in [-0.2, 0) is 0 Å². The Labute approximate surface area is 135 Å². The van der Waals surface area contributed by atoms with E-state index in [4.69, 9.17) is 0 Å². The van der Waals surface area contributed by atoms with Crippen molar-refractivity contribution in [1.29, 1.82) is 0 Å². The van der Waals surface area contributed by atoms with Crippen molar-refractivity contribution in [1.82, 2.24) is 10.2 Å². The average Bonchev–Trinajstić information content (AvgIpc) is 3.01. The van der Waals surface area contributed by atoms with Gasteiger partial charge in [0.2, 0.25) is 0 Å². The summed E-state index contributed by atoms with van der Waals surface area (Å²) < 4.78 is 1.90. The van der Waals surface area contributed by atoms with Gasteiger partial charge in [0.15, 0.2) is 0 Å². The lowest BCUT2D eigenvalue weighted by Gasteiger charge is -2.26. The van der Waals surface area contributed by atoms with Crippen molar-refractivity contribution in [3.05, 3.63) is 19.2 Å². The van der Waals surface area contributed by atoms with Crippen LogP contribution in [0.25, 0.3) is 0 Å². The summed E-state index contributed by atoms with van der Waals surface area (Å²) in [6, 6.07) is 2.33. The van der Waals surface area contributed by atoms with Crippen molar-refractivity contribution in [2.75, 3.05) is 19.6 Å². The molecule has 1 fully saturated rings. The summed E-state index contributed by atoms with van der Waals surface area (Å²) in [6.45, 7) is 5.27. The van der Waals surface area contributed by atoms with Crippen molar-refractivity contribution in [3.63, 3.8) is 0 Å². The van der Waals surface area contributed by atoms with E-state index in [2.05, 4.69) is 49.0 Å². The van der Waals surface area contributed by atoms with Gasteiger partial charge in [0, 0.05) is 17.1 Å². The van der Waals surface area contributed by atoms with Crippen LogP contribution in [0.4, 0.5) is 0 Å². The quantitative estimate of drug-likeness (QED) is 0.800. The highest BCUT2D eigenvalue weighted by molar-refractivity contribution is 9.13. The van der Waals surface area contributed by atoms with Gasteiger partial charge in [-0.25, -0.2) is 0 Å². The molecule has 106 valence electrons. The van der Waals surface area contributed by atoms with E-state index >= 15 is 0 Å². The molecular formula is C13H18Br2N2OS. The van der Waals surface area contributed by atoms with Crippen LogP contribution in [-0.4, -0.2) is 36.5 Å². The molecule has 0 aliphatic carbocycles. The molecule has 6 heteroatoms. The minimum atomic E-state index is 0.0223. The summed E-state index contributed by atoms with van der Waals surface area (Å²) in [6.07, 6.45) is 3.66. The number of carbonyl (C=O) groups is 1. The molecule has 19 heavy (non-hydrogen) atoms. The molecule has 0 unspecified atom stereocenters. The number of nitrogens with one attached hydrogen (secondary N) is 1. The molecule has 2 rings (SSSR count). The van der Waals surface area contributed by atoms with Gasteiger partial charge in [-0.1, -0.05) is 6.92 Å². The van der Waals surface area contributed by atoms with Crippen molar-refractivity contribution in [2.24, 2.45) is 0 Å². The Morgan fingerprint density at radius 2 is 2.16 bits per heavy atom. The smallest absolute Gasteiger partial charge is 0.261 e. The predicted molar refractivity (Wildman–Crippen MR) is 86.9 cm³/mol. The number of hydrogen-bond donors (Lipinski definition) is 1. The molecule has 1 aromatic heterocycles. The molecule has 0 radical (unpaired) electrons. The van der Waals surface area contributed by atoms with Crippen LogP contribution >= 0.6 is 43.2 Å². The largest absolute Gasteiger partial charge is 0.350 e. The number of hydrogen-bond acceptors (Lipinski definition) is 3. The fourth-order valence-electron chi connectivity index (χ4n) is 2.39. The van der Waals surface area contributed by atoms with Crippen LogP contribution in [0.15, 0.2) is 14.3 Å². The molecule has 2 heterocycles. The first-order chi connectivity index (χ1) is 9.11. The van der Waals surface area contributed by atoms with Crippen molar-refractivity contribution in [2.45, 2.75) is 32.2 Å². The molecule has 0 spiro atoms. The van der Waals surface area contributed by atoms with E-state index in [1.807, 2.05) is 6.07 Å². The number of nitrogens with zero attached hydrogens (tertiary/aromatic N) is 1. The van der Waals surface area contributed by atoms with Gasteiger partial charge in [0.1, 0.15) is 0 Å². The third-order valence-corrected chi connectivity index (χ3v) is 6.75. The SMILES string of the molecule is CC[C@@H](CNC(=O)c1cc(Br)c(Br)s1)N1CCCC1. The second-order valence-corrected chi connectivity index (χ2v) is 7.97. The standard InChI is InChI=1S/C13H18Br2N2OS/c1-2-9(17-5-3-4-6-17)8-16-13(18)11-7-10(14)12(15)19-11/h7,9H,2-6,8H2,1H3,(H,16,18)/t9-/m0/s1. The zero-order valence-corrected chi connectivity index (χ0v) is 14.9. The molecule has 0 bridgehead atoms. The number of carbonyl (C=O) groups excluding carboxylic acids is 1. The van der Waals surface area contributed by atoms with E-state index in [0.717, 1.165) is 26.1 Å². The lowest BCUT2D eigenvalue weighted by molar-refractivity contribution is 0.0941. The summed E-state index contributed by atoms with van der Waals surface area (Å²) in [7, 11) is 0. The monoisotopic (exact) mass is 408 g/mol. The molecule has 1 aliphatic rings. The van der Waals surface area contributed by atoms with E-state index in [1.54, 1.807) is 0 Å². The number of thiophene rings is 1. The topological polar surface area (TPSA) is 32.3 Å². The molecule has 1 N–H and O–H groups in total. The Kier molecular flexibility index (Phi) is 5.87. The minimum Gasteiger partial charge on any atom is -0.350 e. The lowest BCUT2D eigenvalue weighted by Crippen LogP contribution is -2.42. The molecule has 3 nitrogen and oxygen atoms in total. The number of likely N-dealkylation sites (tertiary alicyclic amines) is 1. The van der Waals surface area contributed by atoms with Gasteiger partial charge in [0.25, 0.3) is 5.91 Å². The number of halogens is 2. The Balaban J connectivity index is 1.88. The molecule has 1 amide bonds. The highest BCUT2D eigenvalue weighted by Gasteiger charge is 2.21. The maximum absolute atomic E-state index is 12.1. The Bertz CT molecular complexity index is 424. The van der Waals surface area contributed by atoms with Crippen LogP contribution in [0.1, 0.15) is 35.9 Å². The van der Waals surface area contributed by atoms with E-state index in [9.17, 15) is 4.79 Å². The molecule has 1 aromatic rings. The normalized spacial score (nSPS) is 17.6. The lowest BCUT2D eigenvalue weighted by atomic mass is 10.2. The van der Waals surface area contributed by atoms with Crippen molar-refractivity contribution >= 4 is 49.1 Å². The summed E-state index contributed by atoms with van der Waals surface area (Å²) in [5, 5.41) is 3.06. The highest BCUT2D eigenvalue weighted by atomic mass is 79.9. The zero-order chi connectivity index (χ0) is 13.8. The minimum absolute atomic E-state index is 0.0223. The average molecular weight is 410 g/mol. The summed E-state index contributed by atoms with van der Waals surface area (Å²) >= 11 is 8.28. The van der Waals surface area contributed by atoms with Gasteiger partial charge in [-0.2, -0.15) is 0 Å². The molecular weight excluding hydrogens is 392 g/mol.